The van der Waals surface area contributed by atoms with Crippen LogP contribution in [0, 0.1) is 5.92 Å². The number of carbonyl (C=O) groups is 1. The first kappa shape index (κ1) is 19.4. The summed E-state index contributed by atoms with van der Waals surface area (Å²) < 4.78 is 5.82. The zero-order valence-electron chi connectivity index (χ0n) is 17.6. The van der Waals surface area contributed by atoms with Crippen molar-refractivity contribution < 1.29 is 9.53 Å². The smallest absolute Gasteiger partial charge is 0.253 e. The lowest BCUT2D eigenvalue weighted by Crippen LogP contribution is -2.32. The molecular formula is C27H26N2O2. The molecule has 0 spiro atoms. The fourth-order valence-corrected chi connectivity index (χ4v) is 5.13. The third-order valence-electron chi connectivity index (χ3n) is 6.51. The van der Waals surface area contributed by atoms with Crippen molar-refractivity contribution in [3.8, 4) is 5.75 Å². The summed E-state index contributed by atoms with van der Waals surface area (Å²) in [4.78, 5) is 12.9. The molecule has 1 aliphatic carbocycles. The predicted molar refractivity (Wildman–Crippen MR) is 126 cm³/mol. The number of hydrogen-bond acceptors (Lipinski definition) is 3. The van der Waals surface area contributed by atoms with Gasteiger partial charge in [0.15, 0.2) is 0 Å². The van der Waals surface area contributed by atoms with Crippen LogP contribution in [0.5, 0.6) is 5.75 Å². The van der Waals surface area contributed by atoms with E-state index in [-0.39, 0.29) is 17.9 Å². The van der Waals surface area contributed by atoms with E-state index in [9.17, 15) is 4.79 Å². The van der Waals surface area contributed by atoms with E-state index in [0.29, 0.717) is 18.0 Å². The Kier molecular flexibility index (Phi) is 4.99. The summed E-state index contributed by atoms with van der Waals surface area (Å²) in [6.45, 7) is 4.14. The number of amides is 1. The molecule has 0 fully saturated rings. The zero-order chi connectivity index (χ0) is 21.4. The summed E-state index contributed by atoms with van der Waals surface area (Å²) >= 11 is 0. The van der Waals surface area contributed by atoms with E-state index in [4.69, 9.17) is 4.74 Å². The molecule has 3 aromatic carbocycles. The highest BCUT2D eigenvalue weighted by atomic mass is 16.5. The molecule has 3 aromatic rings. The van der Waals surface area contributed by atoms with Gasteiger partial charge in [0, 0.05) is 18.0 Å². The van der Waals surface area contributed by atoms with E-state index in [1.807, 2.05) is 12.1 Å². The van der Waals surface area contributed by atoms with Gasteiger partial charge < -0.3 is 15.4 Å². The highest BCUT2D eigenvalue weighted by Gasteiger charge is 2.40. The summed E-state index contributed by atoms with van der Waals surface area (Å²) in [5, 5.41) is 9.06. The van der Waals surface area contributed by atoms with Crippen LogP contribution in [-0.2, 0) is 0 Å². The largest absolute Gasteiger partial charge is 0.496 e. The molecular weight excluding hydrogens is 384 g/mol. The Morgan fingerprint density at radius 2 is 2.06 bits per heavy atom. The van der Waals surface area contributed by atoms with E-state index in [1.165, 1.54) is 16.3 Å². The van der Waals surface area contributed by atoms with E-state index in [2.05, 4.69) is 71.8 Å². The van der Waals surface area contributed by atoms with Gasteiger partial charge in [0.05, 0.1) is 24.4 Å². The minimum absolute atomic E-state index is 0.0295. The average molecular weight is 411 g/mol. The van der Waals surface area contributed by atoms with E-state index in [1.54, 1.807) is 13.2 Å². The van der Waals surface area contributed by atoms with Crippen LogP contribution in [0.3, 0.4) is 0 Å². The molecule has 1 aliphatic heterocycles. The summed E-state index contributed by atoms with van der Waals surface area (Å²) in [7, 11) is 1.73. The van der Waals surface area contributed by atoms with Crippen LogP contribution in [0.25, 0.3) is 10.8 Å². The van der Waals surface area contributed by atoms with E-state index < -0.39 is 0 Å². The van der Waals surface area contributed by atoms with Crippen molar-refractivity contribution in [2.75, 3.05) is 19.0 Å². The molecule has 3 atom stereocenters. The van der Waals surface area contributed by atoms with Gasteiger partial charge in [-0.1, -0.05) is 60.7 Å². The summed E-state index contributed by atoms with van der Waals surface area (Å²) in [5.74, 6) is 1.41. The van der Waals surface area contributed by atoms with Crippen molar-refractivity contribution in [2.24, 2.45) is 5.92 Å². The molecule has 3 unspecified atom stereocenters. The fraction of sp³-hybridized carbons (Fsp3) is 0.222. The number of benzene rings is 3. The Morgan fingerprint density at radius 1 is 1.19 bits per heavy atom. The molecule has 0 saturated carbocycles. The number of hydrogen-bond donors (Lipinski definition) is 2. The third kappa shape index (κ3) is 3.19. The van der Waals surface area contributed by atoms with Gasteiger partial charge >= 0.3 is 0 Å². The van der Waals surface area contributed by atoms with Gasteiger partial charge in [-0.2, -0.15) is 0 Å². The van der Waals surface area contributed by atoms with Gasteiger partial charge in [0.2, 0.25) is 0 Å². The maximum Gasteiger partial charge on any atom is 0.253 e. The fourth-order valence-electron chi connectivity index (χ4n) is 5.13. The van der Waals surface area contributed by atoms with Crippen molar-refractivity contribution in [1.29, 1.82) is 0 Å². The quantitative estimate of drug-likeness (QED) is 0.539. The number of carbonyl (C=O) groups excluding carboxylic acids is 1. The number of methoxy groups -OCH3 is 1. The Labute approximate surface area is 182 Å². The van der Waals surface area contributed by atoms with Gasteiger partial charge in [0.25, 0.3) is 5.91 Å². The summed E-state index contributed by atoms with van der Waals surface area (Å²) in [6, 6.07) is 18.6. The number of rotatable bonds is 5. The van der Waals surface area contributed by atoms with Crippen LogP contribution in [0.4, 0.5) is 5.69 Å². The lowest BCUT2D eigenvalue weighted by atomic mass is 9.75. The van der Waals surface area contributed by atoms with Crippen molar-refractivity contribution in [3.05, 3.63) is 96.1 Å². The first-order valence-corrected chi connectivity index (χ1v) is 10.7. The minimum atomic E-state index is -0.0895. The Balaban J connectivity index is 1.67. The number of para-hydroxylation sites is 1. The lowest BCUT2D eigenvalue weighted by molar-refractivity contribution is 0.0958. The molecule has 1 amide bonds. The van der Waals surface area contributed by atoms with Crippen LogP contribution >= 0.6 is 0 Å². The number of ether oxygens (including phenoxy) is 1. The molecule has 4 heteroatoms. The molecule has 2 N–H and O–H groups in total. The first-order valence-electron chi connectivity index (χ1n) is 10.7. The summed E-state index contributed by atoms with van der Waals surface area (Å²) in [6.07, 6.45) is 7.24. The Hall–Kier alpha value is -3.53. The van der Waals surface area contributed by atoms with Crippen molar-refractivity contribution in [1.82, 2.24) is 5.32 Å². The van der Waals surface area contributed by atoms with Crippen LogP contribution in [0.2, 0.25) is 0 Å². The van der Waals surface area contributed by atoms with Gasteiger partial charge in [-0.25, -0.2) is 0 Å². The highest BCUT2D eigenvalue weighted by molar-refractivity contribution is 6.01. The Morgan fingerprint density at radius 3 is 2.90 bits per heavy atom. The number of fused-ring (bicyclic) bond motifs is 4. The number of allylic oxidation sites excluding steroid dienone is 2. The van der Waals surface area contributed by atoms with Crippen LogP contribution < -0.4 is 15.4 Å². The molecule has 31 heavy (non-hydrogen) atoms. The monoisotopic (exact) mass is 410 g/mol. The second-order valence-electron chi connectivity index (χ2n) is 8.15. The molecule has 1 heterocycles. The molecule has 0 aromatic heterocycles. The van der Waals surface area contributed by atoms with Crippen LogP contribution in [0.1, 0.15) is 39.9 Å². The minimum Gasteiger partial charge on any atom is -0.496 e. The maximum atomic E-state index is 12.9. The second kappa shape index (κ2) is 7.95. The maximum absolute atomic E-state index is 12.9. The SMILES string of the molecule is C=CCNC(=O)c1cccc2c1NC(c1c(OC)ccc3ccccc13)C1CC=CC21. The van der Waals surface area contributed by atoms with Gasteiger partial charge in [-0.15, -0.1) is 6.58 Å². The van der Waals surface area contributed by atoms with Crippen molar-refractivity contribution in [3.63, 3.8) is 0 Å². The van der Waals surface area contributed by atoms with Gasteiger partial charge in [0.1, 0.15) is 5.75 Å². The molecule has 0 radical (unpaired) electrons. The molecule has 0 bridgehead atoms. The lowest BCUT2D eigenvalue weighted by Gasteiger charge is -2.39. The first-order chi connectivity index (χ1) is 15.2. The van der Waals surface area contributed by atoms with Crippen LogP contribution in [0.15, 0.2) is 79.4 Å². The average Bonchev–Trinajstić information content (AvgIpc) is 3.31. The Bertz CT molecular complexity index is 1200. The third-order valence-corrected chi connectivity index (χ3v) is 6.51. The molecule has 2 aliphatic rings. The second-order valence-corrected chi connectivity index (χ2v) is 8.15. The standard InChI is InChI=1S/C27H26N2O2/c1-3-16-28-27(30)22-13-7-11-20-19-10-6-12-21(19)26(29-25(20)22)24-18-9-5-4-8-17(18)14-15-23(24)31-2/h3-11,13-15,19,21,26,29H,1,12,16H2,2H3,(H,28,30). The topological polar surface area (TPSA) is 50.4 Å². The molecule has 4 nitrogen and oxygen atoms in total. The molecule has 5 rings (SSSR count). The molecule has 156 valence electrons. The van der Waals surface area contributed by atoms with Crippen molar-refractivity contribution in [2.45, 2.75) is 18.4 Å². The number of anilines is 1. The van der Waals surface area contributed by atoms with Crippen molar-refractivity contribution >= 4 is 22.4 Å². The highest BCUT2D eigenvalue weighted by Crippen LogP contribution is 2.53. The number of nitrogens with one attached hydrogen (secondary N) is 2. The molecule has 0 saturated heterocycles. The summed E-state index contributed by atoms with van der Waals surface area (Å²) in [5.41, 5.74) is 3.92. The van der Waals surface area contributed by atoms with E-state index >= 15 is 0 Å². The van der Waals surface area contributed by atoms with Gasteiger partial charge in [-0.05, 0) is 40.8 Å². The van der Waals surface area contributed by atoms with E-state index in [0.717, 1.165) is 23.4 Å². The van der Waals surface area contributed by atoms with Crippen LogP contribution in [-0.4, -0.2) is 19.6 Å². The van der Waals surface area contributed by atoms with Gasteiger partial charge in [-0.3, -0.25) is 4.79 Å². The predicted octanol–water partition coefficient (Wildman–Crippen LogP) is 5.59. The zero-order valence-corrected chi connectivity index (χ0v) is 17.6. The normalized spacial score (nSPS) is 21.1.